The first kappa shape index (κ1) is 13.2. The third-order valence-corrected chi connectivity index (χ3v) is 2.03. The Labute approximate surface area is 99.9 Å². The van der Waals surface area contributed by atoms with Crippen molar-refractivity contribution in [3.8, 4) is 0 Å². The number of hydrogen-bond acceptors (Lipinski definition) is 4. The van der Waals surface area contributed by atoms with Gasteiger partial charge in [-0.1, -0.05) is 6.07 Å². The predicted octanol–water partition coefficient (Wildman–Crippen LogP) is 1.15. The normalized spacial score (nSPS) is 9.76. The maximum absolute atomic E-state index is 11.5. The lowest BCUT2D eigenvalue weighted by Crippen LogP contribution is -2.16. The molecule has 0 aliphatic heterocycles. The minimum atomic E-state index is -0.401. The van der Waals surface area contributed by atoms with Crippen molar-refractivity contribution in [2.24, 2.45) is 5.73 Å². The van der Waals surface area contributed by atoms with Crippen molar-refractivity contribution in [2.45, 2.75) is 13.3 Å². The van der Waals surface area contributed by atoms with Gasteiger partial charge >= 0.3 is 5.97 Å². The smallest absolute Gasteiger partial charge is 0.338 e. The topological polar surface area (TPSA) is 81.4 Å². The van der Waals surface area contributed by atoms with Gasteiger partial charge in [-0.15, -0.1) is 0 Å². The molecule has 0 bridgehead atoms. The zero-order valence-corrected chi connectivity index (χ0v) is 9.73. The van der Waals surface area contributed by atoms with Crippen molar-refractivity contribution >= 4 is 17.6 Å². The molecule has 17 heavy (non-hydrogen) atoms. The molecule has 0 unspecified atom stereocenters. The van der Waals surface area contributed by atoms with Crippen LogP contribution in [-0.4, -0.2) is 25.0 Å². The first-order chi connectivity index (χ1) is 8.17. The fourth-order valence-corrected chi connectivity index (χ4v) is 1.29. The van der Waals surface area contributed by atoms with E-state index in [4.69, 9.17) is 10.5 Å². The first-order valence-electron chi connectivity index (χ1n) is 5.44. The van der Waals surface area contributed by atoms with Crippen LogP contribution in [0, 0.1) is 0 Å². The van der Waals surface area contributed by atoms with Crippen LogP contribution in [0.15, 0.2) is 24.3 Å². The van der Waals surface area contributed by atoms with E-state index in [9.17, 15) is 9.59 Å². The number of anilines is 1. The van der Waals surface area contributed by atoms with E-state index in [0.29, 0.717) is 24.4 Å². The Bertz CT molecular complexity index is 404. The molecule has 0 fully saturated rings. The van der Waals surface area contributed by atoms with Crippen LogP contribution in [0.5, 0.6) is 0 Å². The maximum Gasteiger partial charge on any atom is 0.338 e. The quantitative estimate of drug-likeness (QED) is 0.751. The summed E-state index contributed by atoms with van der Waals surface area (Å²) in [7, 11) is 0. The standard InChI is InChI=1S/C12H16N2O3/c1-2-17-12(16)9-4-3-5-10(8-9)14-11(15)6-7-13/h3-5,8H,2,6-7,13H2,1H3,(H,14,15). The Morgan fingerprint density at radius 2 is 2.18 bits per heavy atom. The summed E-state index contributed by atoms with van der Waals surface area (Å²) >= 11 is 0. The number of hydrogen-bond donors (Lipinski definition) is 2. The summed E-state index contributed by atoms with van der Waals surface area (Å²) in [5, 5.41) is 2.65. The van der Waals surface area contributed by atoms with Crippen molar-refractivity contribution in [1.29, 1.82) is 0 Å². The van der Waals surface area contributed by atoms with Crippen molar-refractivity contribution in [2.75, 3.05) is 18.5 Å². The Morgan fingerprint density at radius 1 is 1.41 bits per heavy atom. The molecule has 5 heteroatoms. The average Bonchev–Trinajstić information content (AvgIpc) is 2.30. The number of amides is 1. The average molecular weight is 236 g/mol. The van der Waals surface area contributed by atoms with Crippen molar-refractivity contribution in [3.63, 3.8) is 0 Å². The van der Waals surface area contributed by atoms with Gasteiger partial charge in [0.1, 0.15) is 0 Å². The van der Waals surface area contributed by atoms with Crippen LogP contribution in [0.1, 0.15) is 23.7 Å². The zero-order chi connectivity index (χ0) is 12.7. The number of carbonyl (C=O) groups is 2. The van der Waals surface area contributed by atoms with Gasteiger partial charge < -0.3 is 15.8 Å². The predicted molar refractivity (Wildman–Crippen MR) is 64.7 cm³/mol. The molecule has 0 spiro atoms. The van der Waals surface area contributed by atoms with Gasteiger partial charge in [-0.05, 0) is 25.1 Å². The molecular weight excluding hydrogens is 220 g/mol. The van der Waals surface area contributed by atoms with E-state index >= 15 is 0 Å². The summed E-state index contributed by atoms with van der Waals surface area (Å²) in [6, 6.07) is 6.60. The van der Waals surface area contributed by atoms with Crippen LogP contribution < -0.4 is 11.1 Å². The lowest BCUT2D eigenvalue weighted by Gasteiger charge is -2.06. The molecule has 0 saturated heterocycles. The molecule has 1 amide bonds. The Balaban J connectivity index is 2.72. The second kappa shape index (κ2) is 6.65. The van der Waals surface area contributed by atoms with Gasteiger partial charge in [0, 0.05) is 18.7 Å². The summed E-state index contributed by atoms with van der Waals surface area (Å²) in [5.74, 6) is -0.573. The van der Waals surface area contributed by atoms with Gasteiger partial charge in [0.25, 0.3) is 0 Å². The first-order valence-corrected chi connectivity index (χ1v) is 5.44. The van der Waals surface area contributed by atoms with E-state index in [2.05, 4.69) is 5.32 Å². The summed E-state index contributed by atoms with van der Waals surface area (Å²) in [4.78, 5) is 22.8. The molecule has 1 aromatic rings. The summed E-state index contributed by atoms with van der Waals surface area (Å²) in [6.45, 7) is 2.36. The number of esters is 1. The van der Waals surface area contributed by atoms with Crippen LogP contribution >= 0.6 is 0 Å². The van der Waals surface area contributed by atoms with Gasteiger partial charge in [0.15, 0.2) is 0 Å². The highest BCUT2D eigenvalue weighted by atomic mass is 16.5. The number of rotatable bonds is 5. The Morgan fingerprint density at radius 3 is 2.82 bits per heavy atom. The highest BCUT2D eigenvalue weighted by molar-refractivity contribution is 5.94. The molecule has 0 heterocycles. The van der Waals surface area contributed by atoms with E-state index in [1.807, 2.05) is 0 Å². The number of ether oxygens (including phenoxy) is 1. The van der Waals surface area contributed by atoms with E-state index in [-0.39, 0.29) is 12.3 Å². The molecule has 0 aromatic heterocycles. The highest BCUT2D eigenvalue weighted by Gasteiger charge is 2.07. The van der Waals surface area contributed by atoms with Gasteiger partial charge in [-0.2, -0.15) is 0 Å². The fraction of sp³-hybridized carbons (Fsp3) is 0.333. The lowest BCUT2D eigenvalue weighted by molar-refractivity contribution is -0.116. The molecule has 0 aliphatic carbocycles. The molecule has 3 N–H and O–H groups in total. The van der Waals surface area contributed by atoms with Gasteiger partial charge in [0.05, 0.1) is 12.2 Å². The Kier molecular flexibility index (Phi) is 5.16. The van der Waals surface area contributed by atoms with Crippen molar-refractivity contribution in [1.82, 2.24) is 0 Å². The van der Waals surface area contributed by atoms with E-state index in [1.165, 1.54) is 0 Å². The second-order valence-electron chi connectivity index (χ2n) is 3.39. The van der Waals surface area contributed by atoms with Gasteiger partial charge in [-0.3, -0.25) is 4.79 Å². The molecule has 1 rings (SSSR count). The molecule has 0 radical (unpaired) electrons. The number of nitrogens with two attached hydrogens (primary N) is 1. The molecular formula is C12H16N2O3. The minimum absolute atomic E-state index is 0.173. The zero-order valence-electron chi connectivity index (χ0n) is 9.73. The van der Waals surface area contributed by atoms with Gasteiger partial charge in [0.2, 0.25) is 5.91 Å². The summed E-state index contributed by atoms with van der Waals surface area (Å²) in [5.41, 5.74) is 6.24. The Hall–Kier alpha value is -1.88. The fourth-order valence-electron chi connectivity index (χ4n) is 1.29. The molecule has 0 aliphatic rings. The highest BCUT2D eigenvalue weighted by Crippen LogP contribution is 2.11. The van der Waals surface area contributed by atoms with E-state index in [1.54, 1.807) is 31.2 Å². The van der Waals surface area contributed by atoms with Crippen LogP contribution in [0.2, 0.25) is 0 Å². The monoisotopic (exact) mass is 236 g/mol. The molecule has 0 atom stereocenters. The van der Waals surface area contributed by atoms with Crippen molar-refractivity contribution < 1.29 is 14.3 Å². The van der Waals surface area contributed by atoms with Crippen LogP contribution in [0.4, 0.5) is 5.69 Å². The van der Waals surface area contributed by atoms with E-state index in [0.717, 1.165) is 0 Å². The molecule has 92 valence electrons. The lowest BCUT2D eigenvalue weighted by atomic mass is 10.2. The van der Waals surface area contributed by atoms with E-state index < -0.39 is 5.97 Å². The third-order valence-electron chi connectivity index (χ3n) is 2.03. The van der Waals surface area contributed by atoms with Crippen molar-refractivity contribution in [3.05, 3.63) is 29.8 Å². The second-order valence-corrected chi connectivity index (χ2v) is 3.39. The molecule has 5 nitrogen and oxygen atoms in total. The largest absolute Gasteiger partial charge is 0.462 e. The number of benzene rings is 1. The van der Waals surface area contributed by atoms with Gasteiger partial charge in [-0.25, -0.2) is 4.79 Å². The SMILES string of the molecule is CCOC(=O)c1cccc(NC(=O)CCN)c1. The van der Waals surface area contributed by atoms with Crippen LogP contribution in [-0.2, 0) is 9.53 Å². The molecule has 1 aromatic carbocycles. The third kappa shape index (κ3) is 4.24. The van der Waals surface area contributed by atoms with Crippen LogP contribution in [0.3, 0.4) is 0 Å². The maximum atomic E-state index is 11.5. The molecule has 0 saturated carbocycles. The number of carbonyl (C=O) groups excluding carboxylic acids is 2. The van der Waals surface area contributed by atoms with Crippen LogP contribution in [0.25, 0.3) is 0 Å². The minimum Gasteiger partial charge on any atom is -0.462 e. The number of nitrogens with one attached hydrogen (secondary N) is 1. The summed E-state index contributed by atoms with van der Waals surface area (Å²) < 4.78 is 4.86. The summed E-state index contributed by atoms with van der Waals surface area (Å²) in [6.07, 6.45) is 0.254.